The second-order valence-electron chi connectivity index (χ2n) is 4.49. The molecule has 0 aliphatic carbocycles. The van der Waals surface area contributed by atoms with Crippen LogP contribution in [0.15, 0.2) is 10.5 Å². The number of benzene rings is 1. The van der Waals surface area contributed by atoms with Crippen molar-refractivity contribution in [1.29, 1.82) is 0 Å². The Balaban J connectivity index is 2.60. The predicted octanol–water partition coefficient (Wildman–Crippen LogP) is 2.34. The standard InChI is InChI=1S/C11H7BrClF2NO5S/c12-8-6(13)2-5(11(18)19)10(9(8)14)16-3-4(1-7(16)17)22(15,20)21/h2,4H,1,3H2,(H,18,19). The third kappa shape index (κ3) is 2.95. The lowest BCUT2D eigenvalue weighted by Gasteiger charge is -2.20. The van der Waals surface area contributed by atoms with Crippen LogP contribution in [0.25, 0.3) is 0 Å². The summed E-state index contributed by atoms with van der Waals surface area (Å²) in [5.74, 6) is -3.61. The molecule has 11 heteroatoms. The molecule has 6 nitrogen and oxygen atoms in total. The quantitative estimate of drug-likeness (QED) is 0.601. The molecule has 1 aromatic carbocycles. The molecule has 120 valence electrons. The number of rotatable bonds is 3. The van der Waals surface area contributed by atoms with Gasteiger partial charge in [-0.25, -0.2) is 9.18 Å². The highest BCUT2D eigenvalue weighted by Gasteiger charge is 2.41. The van der Waals surface area contributed by atoms with Gasteiger partial charge in [0.25, 0.3) is 0 Å². The summed E-state index contributed by atoms with van der Waals surface area (Å²) in [7, 11) is -5.01. The van der Waals surface area contributed by atoms with Gasteiger partial charge in [-0.2, -0.15) is 8.42 Å². The van der Waals surface area contributed by atoms with Gasteiger partial charge >= 0.3 is 16.2 Å². The number of hydrogen-bond acceptors (Lipinski definition) is 4. The molecule has 1 aliphatic heterocycles. The Morgan fingerprint density at radius 2 is 2.09 bits per heavy atom. The topological polar surface area (TPSA) is 91.8 Å². The molecule has 22 heavy (non-hydrogen) atoms. The SMILES string of the molecule is O=C(O)c1cc(Cl)c(Br)c(F)c1N1CC(S(=O)(=O)F)CC1=O. The van der Waals surface area contributed by atoms with Crippen LogP contribution in [0.2, 0.25) is 5.02 Å². The largest absolute Gasteiger partial charge is 0.478 e. The fraction of sp³-hybridized carbons (Fsp3) is 0.273. The van der Waals surface area contributed by atoms with Gasteiger partial charge in [0.15, 0.2) is 5.82 Å². The van der Waals surface area contributed by atoms with Crippen molar-refractivity contribution in [3.05, 3.63) is 26.9 Å². The summed E-state index contributed by atoms with van der Waals surface area (Å²) in [6.07, 6.45) is -0.697. The maximum absolute atomic E-state index is 14.3. The molecule has 1 atom stereocenters. The van der Waals surface area contributed by atoms with Crippen molar-refractivity contribution >= 4 is 55.3 Å². The van der Waals surface area contributed by atoms with Gasteiger partial charge in [0.1, 0.15) is 5.25 Å². The first kappa shape index (κ1) is 17.1. The van der Waals surface area contributed by atoms with Crippen molar-refractivity contribution in [2.75, 3.05) is 11.4 Å². The normalized spacial score (nSPS) is 18.8. The summed E-state index contributed by atoms with van der Waals surface area (Å²) in [4.78, 5) is 23.6. The lowest BCUT2D eigenvalue weighted by Crippen LogP contribution is -2.29. The van der Waals surface area contributed by atoms with Crippen LogP contribution in [-0.4, -0.2) is 37.2 Å². The fourth-order valence-corrected chi connectivity index (χ4v) is 3.25. The number of carbonyl (C=O) groups excluding carboxylic acids is 1. The Bertz CT molecular complexity index is 785. The Morgan fingerprint density at radius 3 is 2.55 bits per heavy atom. The Labute approximate surface area is 137 Å². The number of aromatic carboxylic acids is 1. The number of carboxylic acid groups (broad SMARTS) is 1. The average molecular weight is 419 g/mol. The van der Waals surface area contributed by atoms with E-state index in [1.165, 1.54) is 0 Å². The molecular weight excluding hydrogens is 412 g/mol. The summed E-state index contributed by atoms with van der Waals surface area (Å²) >= 11 is 8.47. The van der Waals surface area contributed by atoms with Gasteiger partial charge in [-0.05, 0) is 22.0 Å². The van der Waals surface area contributed by atoms with E-state index < -0.39 is 57.4 Å². The van der Waals surface area contributed by atoms with Crippen LogP contribution in [0.3, 0.4) is 0 Å². The van der Waals surface area contributed by atoms with Crippen LogP contribution in [0.4, 0.5) is 14.0 Å². The minimum Gasteiger partial charge on any atom is -0.478 e. The van der Waals surface area contributed by atoms with Gasteiger partial charge < -0.3 is 10.0 Å². The smallest absolute Gasteiger partial charge is 0.337 e. The van der Waals surface area contributed by atoms with E-state index in [2.05, 4.69) is 15.9 Å². The van der Waals surface area contributed by atoms with E-state index in [0.29, 0.717) is 4.90 Å². The maximum Gasteiger partial charge on any atom is 0.337 e. The number of anilines is 1. The molecule has 2 rings (SSSR count). The van der Waals surface area contributed by atoms with Gasteiger partial charge in [-0.3, -0.25) is 4.79 Å². The van der Waals surface area contributed by atoms with Crippen molar-refractivity contribution in [2.24, 2.45) is 0 Å². The van der Waals surface area contributed by atoms with E-state index in [0.717, 1.165) is 6.07 Å². The monoisotopic (exact) mass is 417 g/mol. The zero-order chi connectivity index (χ0) is 16.8. The minimum absolute atomic E-state index is 0.236. The van der Waals surface area contributed by atoms with Crippen LogP contribution in [-0.2, 0) is 15.0 Å². The van der Waals surface area contributed by atoms with E-state index >= 15 is 0 Å². The number of nitrogens with zero attached hydrogens (tertiary/aromatic N) is 1. The van der Waals surface area contributed by atoms with E-state index in [9.17, 15) is 26.3 Å². The summed E-state index contributed by atoms with van der Waals surface area (Å²) < 4.78 is 48.8. The van der Waals surface area contributed by atoms with Crippen molar-refractivity contribution in [1.82, 2.24) is 0 Å². The molecule has 0 radical (unpaired) electrons. The number of carboxylic acids is 1. The summed E-state index contributed by atoms with van der Waals surface area (Å²) in [5.41, 5.74) is -1.28. The Kier molecular flexibility index (Phi) is 4.46. The first-order chi connectivity index (χ1) is 10.0. The average Bonchev–Trinajstić information content (AvgIpc) is 2.77. The highest BCUT2D eigenvalue weighted by atomic mass is 79.9. The van der Waals surface area contributed by atoms with E-state index in [4.69, 9.17) is 16.7 Å². The first-order valence-corrected chi connectivity index (χ1v) is 8.30. The van der Waals surface area contributed by atoms with E-state index in [1.807, 2.05) is 0 Å². The molecule has 0 aromatic heterocycles. The minimum atomic E-state index is -5.01. The molecule has 1 aliphatic rings. The first-order valence-electron chi connectivity index (χ1n) is 5.68. The molecule has 1 N–H and O–H groups in total. The number of hydrogen-bond donors (Lipinski definition) is 1. The molecule has 1 aromatic rings. The molecule has 1 fully saturated rings. The van der Waals surface area contributed by atoms with Crippen LogP contribution in [0.1, 0.15) is 16.8 Å². The lowest BCUT2D eigenvalue weighted by atomic mass is 10.1. The van der Waals surface area contributed by atoms with Crippen LogP contribution < -0.4 is 4.90 Å². The third-order valence-corrected chi connectivity index (χ3v) is 5.54. The predicted molar refractivity (Wildman–Crippen MR) is 76.9 cm³/mol. The van der Waals surface area contributed by atoms with E-state index in [-0.39, 0.29) is 9.50 Å². The van der Waals surface area contributed by atoms with Gasteiger partial charge in [-0.1, -0.05) is 11.6 Å². The molecule has 0 saturated carbocycles. The molecule has 0 spiro atoms. The van der Waals surface area contributed by atoms with Crippen LogP contribution >= 0.6 is 27.5 Å². The fourth-order valence-electron chi connectivity index (χ4n) is 2.09. The Morgan fingerprint density at radius 1 is 1.50 bits per heavy atom. The second-order valence-corrected chi connectivity index (χ2v) is 7.31. The van der Waals surface area contributed by atoms with Crippen LogP contribution in [0.5, 0.6) is 0 Å². The summed E-state index contributed by atoms with van der Waals surface area (Å²) in [6.45, 7) is -0.678. The lowest BCUT2D eigenvalue weighted by molar-refractivity contribution is -0.117. The van der Waals surface area contributed by atoms with Crippen LogP contribution in [0, 0.1) is 5.82 Å². The maximum atomic E-state index is 14.3. The summed E-state index contributed by atoms with van der Waals surface area (Å²) in [5, 5.41) is 7.20. The molecule has 1 saturated heterocycles. The summed E-state index contributed by atoms with van der Waals surface area (Å²) in [6, 6.07) is 0.914. The second kappa shape index (κ2) is 5.74. The number of amides is 1. The van der Waals surface area contributed by atoms with Crippen molar-refractivity contribution in [2.45, 2.75) is 11.7 Å². The van der Waals surface area contributed by atoms with Gasteiger partial charge in [0, 0.05) is 13.0 Å². The van der Waals surface area contributed by atoms with Gasteiger partial charge in [0.05, 0.1) is 20.7 Å². The number of halogens is 4. The molecule has 1 amide bonds. The molecular formula is C11H7BrClF2NO5S. The van der Waals surface area contributed by atoms with Gasteiger partial charge in [0.2, 0.25) is 5.91 Å². The van der Waals surface area contributed by atoms with Gasteiger partial charge in [-0.15, -0.1) is 3.89 Å². The van der Waals surface area contributed by atoms with Crippen molar-refractivity contribution in [3.8, 4) is 0 Å². The molecule has 1 unspecified atom stereocenters. The highest BCUT2D eigenvalue weighted by molar-refractivity contribution is 9.10. The highest BCUT2D eigenvalue weighted by Crippen LogP contribution is 2.38. The Hall–Kier alpha value is -1.26. The number of carbonyl (C=O) groups is 2. The zero-order valence-corrected chi connectivity index (χ0v) is 13.7. The van der Waals surface area contributed by atoms with Crippen molar-refractivity contribution < 1.29 is 31.4 Å². The molecule has 1 heterocycles. The zero-order valence-electron chi connectivity index (χ0n) is 10.5. The third-order valence-electron chi connectivity index (χ3n) is 3.12. The molecule has 0 bridgehead atoms. The van der Waals surface area contributed by atoms with E-state index in [1.54, 1.807) is 0 Å². The van der Waals surface area contributed by atoms with Crippen molar-refractivity contribution in [3.63, 3.8) is 0 Å².